The Balaban J connectivity index is 1.52. The number of hydrogen-bond acceptors (Lipinski definition) is 6. The first-order valence-corrected chi connectivity index (χ1v) is 8.65. The van der Waals surface area contributed by atoms with Crippen molar-refractivity contribution in [2.45, 2.75) is 25.7 Å². The van der Waals surface area contributed by atoms with Gasteiger partial charge in [-0.3, -0.25) is 9.78 Å². The molecule has 7 nitrogen and oxygen atoms in total. The molecule has 0 saturated heterocycles. The number of aromatic nitrogens is 2. The molecule has 0 atom stereocenters. The second-order valence-electron chi connectivity index (χ2n) is 5.83. The number of nitrogens with zero attached hydrogens (tertiary/aromatic N) is 3. The summed E-state index contributed by atoms with van der Waals surface area (Å²) in [4.78, 5) is 19.9. The minimum Gasteiger partial charge on any atom is -0.385 e. The largest absolute Gasteiger partial charge is 0.385 e. The minimum atomic E-state index is -0.150. The molecular weight excluding hydrogens is 328 g/mol. The normalized spacial score (nSPS) is 10.2. The molecule has 2 heterocycles. The molecule has 0 aliphatic carbocycles. The molecule has 0 aliphatic rings. The number of nitrogens with one attached hydrogen (secondary N) is 3. The molecule has 0 aliphatic heterocycles. The lowest BCUT2D eigenvalue weighted by atomic mass is 10.1. The van der Waals surface area contributed by atoms with E-state index in [0.717, 1.165) is 43.5 Å². The number of amides is 1. The van der Waals surface area contributed by atoms with Crippen LogP contribution in [-0.2, 0) is 0 Å². The van der Waals surface area contributed by atoms with E-state index in [2.05, 4.69) is 32.3 Å². The Morgan fingerprint density at radius 2 is 1.81 bits per heavy atom. The fourth-order valence-corrected chi connectivity index (χ4v) is 2.38. The fraction of sp³-hybridized carbons (Fsp3) is 0.316. The molecule has 0 unspecified atom stereocenters. The summed E-state index contributed by atoms with van der Waals surface area (Å²) in [6, 6.07) is 7.05. The van der Waals surface area contributed by atoms with Crippen LogP contribution in [0.2, 0.25) is 0 Å². The molecule has 26 heavy (non-hydrogen) atoms. The maximum atomic E-state index is 11.9. The first kappa shape index (κ1) is 19.2. The van der Waals surface area contributed by atoms with E-state index in [1.54, 1.807) is 24.5 Å². The fourth-order valence-electron chi connectivity index (χ4n) is 2.38. The summed E-state index contributed by atoms with van der Waals surface area (Å²) in [6.07, 6.45) is 9.10. The van der Waals surface area contributed by atoms with E-state index in [-0.39, 0.29) is 5.91 Å². The predicted octanol–water partition coefficient (Wildman–Crippen LogP) is 3.69. The molecule has 2 aromatic rings. The van der Waals surface area contributed by atoms with Crippen LogP contribution in [0.5, 0.6) is 0 Å². The third kappa shape index (κ3) is 6.43. The van der Waals surface area contributed by atoms with Crippen molar-refractivity contribution in [1.82, 2.24) is 20.6 Å². The van der Waals surface area contributed by atoms with Gasteiger partial charge in [-0.1, -0.05) is 19.4 Å². The summed E-state index contributed by atoms with van der Waals surface area (Å²) in [5.74, 6) is 0.143. The van der Waals surface area contributed by atoms with E-state index in [4.69, 9.17) is 5.53 Å². The predicted molar refractivity (Wildman–Crippen MR) is 101 cm³/mol. The average Bonchev–Trinajstić information content (AvgIpc) is 2.70. The van der Waals surface area contributed by atoms with Crippen molar-refractivity contribution in [1.29, 1.82) is 5.53 Å². The summed E-state index contributed by atoms with van der Waals surface area (Å²) >= 11 is 0. The Labute approximate surface area is 153 Å². The highest BCUT2D eigenvalue weighted by Crippen LogP contribution is 2.08. The lowest BCUT2D eigenvalue weighted by molar-refractivity contribution is 0.0952. The lowest BCUT2D eigenvalue weighted by Crippen LogP contribution is -2.24. The van der Waals surface area contributed by atoms with Crippen LogP contribution in [0.15, 0.2) is 54.5 Å². The first-order valence-electron chi connectivity index (χ1n) is 8.65. The van der Waals surface area contributed by atoms with Gasteiger partial charge in [0, 0.05) is 42.9 Å². The highest BCUT2D eigenvalue weighted by molar-refractivity contribution is 5.93. The molecule has 0 saturated carbocycles. The van der Waals surface area contributed by atoms with E-state index in [9.17, 15) is 4.79 Å². The zero-order chi connectivity index (χ0) is 18.6. The second-order valence-corrected chi connectivity index (χ2v) is 5.83. The quantitative estimate of drug-likeness (QED) is 0.424. The lowest BCUT2D eigenvalue weighted by Gasteiger charge is -2.09. The number of pyridine rings is 2. The van der Waals surface area contributed by atoms with E-state index in [1.807, 2.05) is 12.1 Å². The summed E-state index contributed by atoms with van der Waals surface area (Å²) in [6.45, 7) is 5.52. The Kier molecular flexibility index (Phi) is 7.92. The molecule has 3 N–H and O–H groups in total. The minimum absolute atomic E-state index is 0.150. The number of hydrogen-bond donors (Lipinski definition) is 3. The van der Waals surface area contributed by atoms with Gasteiger partial charge in [0.15, 0.2) is 5.82 Å². The molecule has 2 aromatic heterocycles. The number of unbranched alkanes of at least 4 members (excludes halogenated alkanes) is 3. The Bertz CT molecular complexity index is 715. The van der Waals surface area contributed by atoms with Crippen LogP contribution in [0.1, 0.15) is 41.6 Å². The van der Waals surface area contributed by atoms with Crippen molar-refractivity contribution in [3.05, 3.63) is 60.6 Å². The van der Waals surface area contributed by atoms with Crippen LogP contribution in [0.25, 0.3) is 5.70 Å². The van der Waals surface area contributed by atoms with Crippen LogP contribution in [-0.4, -0.2) is 29.0 Å². The maximum absolute atomic E-state index is 11.9. The molecule has 136 valence electrons. The van der Waals surface area contributed by atoms with E-state index in [1.165, 1.54) is 6.20 Å². The van der Waals surface area contributed by atoms with Gasteiger partial charge >= 0.3 is 0 Å². The Morgan fingerprint density at radius 3 is 2.42 bits per heavy atom. The molecule has 0 bridgehead atoms. The number of carbonyl (C=O) groups is 1. The van der Waals surface area contributed by atoms with Crippen molar-refractivity contribution in [2.75, 3.05) is 13.1 Å². The van der Waals surface area contributed by atoms with Gasteiger partial charge in [0.2, 0.25) is 0 Å². The molecule has 2 rings (SSSR count). The van der Waals surface area contributed by atoms with E-state index in [0.29, 0.717) is 17.9 Å². The van der Waals surface area contributed by atoms with Gasteiger partial charge in [0.05, 0.1) is 5.56 Å². The summed E-state index contributed by atoms with van der Waals surface area (Å²) in [5.41, 5.74) is 9.23. The third-order valence-corrected chi connectivity index (χ3v) is 3.86. The van der Waals surface area contributed by atoms with Crippen LogP contribution in [0.4, 0.5) is 5.82 Å². The van der Waals surface area contributed by atoms with Crippen molar-refractivity contribution in [2.24, 2.45) is 5.11 Å². The molecular formula is C19H24N6O. The zero-order valence-electron chi connectivity index (χ0n) is 14.7. The maximum Gasteiger partial charge on any atom is 0.252 e. The molecule has 0 fully saturated rings. The zero-order valence-corrected chi connectivity index (χ0v) is 14.7. The number of rotatable bonds is 11. The second kappa shape index (κ2) is 10.7. The molecule has 1 amide bonds. The number of carbonyl (C=O) groups excluding carboxylic acids is 1. The van der Waals surface area contributed by atoms with Crippen molar-refractivity contribution in [3.63, 3.8) is 0 Å². The molecule has 0 radical (unpaired) electrons. The smallest absolute Gasteiger partial charge is 0.252 e. The van der Waals surface area contributed by atoms with Crippen molar-refractivity contribution < 1.29 is 4.79 Å². The summed E-state index contributed by atoms with van der Waals surface area (Å²) < 4.78 is 0. The molecule has 7 heteroatoms. The highest BCUT2D eigenvalue weighted by atomic mass is 16.1. The van der Waals surface area contributed by atoms with Gasteiger partial charge < -0.3 is 10.6 Å². The summed E-state index contributed by atoms with van der Waals surface area (Å²) in [7, 11) is 0. The first-order chi connectivity index (χ1) is 12.7. The molecule has 0 aromatic carbocycles. The van der Waals surface area contributed by atoms with Crippen LogP contribution in [0, 0.1) is 5.53 Å². The molecule has 0 spiro atoms. The van der Waals surface area contributed by atoms with Crippen LogP contribution >= 0.6 is 0 Å². The Hall–Kier alpha value is -3.09. The van der Waals surface area contributed by atoms with Gasteiger partial charge in [-0.15, -0.1) is 5.11 Å². The van der Waals surface area contributed by atoms with Crippen LogP contribution < -0.4 is 10.6 Å². The van der Waals surface area contributed by atoms with Gasteiger partial charge in [-0.05, 0) is 37.1 Å². The average molecular weight is 352 g/mol. The third-order valence-electron chi connectivity index (χ3n) is 3.86. The van der Waals surface area contributed by atoms with Crippen molar-refractivity contribution in [3.8, 4) is 0 Å². The topological polar surface area (TPSA) is 103 Å². The Morgan fingerprint density at radius 1 is 1.04 bits per heavy atom. The van der Waals surface area contributed by atoms with Crippen LogP contribution in [0.3, 0.4) is 0 Å². The SMILES string of the molecule is C=C(NCCCCCCNC(=O)c1ccc(N=N)nc1)c1cccnc1. The van der Waals surface area contributed by atoms with Gasteiger partial charge in [-0.2, -0.15) is 0 Å². The van der Waals surface area contributed by atoms with Gasteiger partial charge in [0.1, 0.15) is 0 Å². The van der Waals surface area contributed by atoms with E-state index >= 15 is 0 Å². The van der Waals surface area contributed by atoms with Gasteiger partial charge in [-0.25, -0.2) is 10.5 Å². The highest BCUT2D eigenvalue weighted by Gasteiger charge is 2.05. The summed E-state index contributed by atoms with van der Waals surface area (Å²) in [5, 5.41) is 9.38. The van der Waals surface area contributed by atoms with Crippen molar-refractivity contribution >= 4 is 17.4 Å². The van der Waals surface area contributed by atoms with E-state index < -0.39 is 0 Å². The monoisotopic (exact) mass is 352 g/mol. The standard InChI is InChI=1S/C19H24N6O/c1-15(16-7-6-10-21-13-16)22-11-4-2-3-5-12-23-19(26)17-8-9-18(25-20)24-14-17/h6-10,13-14,20,22H,1-5,11-12H2,(H,23,26). The van der Waals surface area contributed by atoms with Gasteiger partial charge in [0.25, 0.3) is 5.91 Å².